The quantitative estimate of drug-likeness (QED) is 0.166. The number of primary amides is 1. The number of hydrogen-bond donors (Lipinski definition) is 1. The summed E-state index contributed by atoms with van der Waals surface area (Å²) in [5, 5.41) is 0.849. The Kier molecular flexibility index (Phi) is 9.90. The number of methoxy groups -OCH3 is 2. The number of amides is 1. The van der Waals surface area contributed by atoms with Crippen LogP contribution in [0.1, 0.15) is 40.4 Å². The molecule has 0 spiro atoms. The number of halogens is 2. The first-order chi connectivity index (χ1) is 23.3. The molecule has 14 heteroatoms. The van der Waals surface area contributed by atoms with Crippen molar-refractivity contribution in [1.29, 1.82) is 0 Å². The van der Waals surface area contributed by atoms with Gasteiger partial charge in [0, 0.05) is 32.7 Å². The van der Waals surface area contributed by atoms with Crippen molar-refractivity contribution in [3.8, 4) is 28.8 Å². The molecule has 6 rings (SSSR count). The summed E-state index contributed by atoms with van der Waals surface area (Å²) in [6.07, 6.45) is 2.73. The van der Waals surface area contributed by atoms with Crippen LogP contribution in [0.3, 0.4) is 0 Å². The lowest BCUT2D eigenvalue weighted by Gasteiger charge is -2.27. The summed E-state index contributed by atoms with van der Waals surface area (Å²) in [5.74, 6) is -0.134. The normalized spacial score (nSPS) is 14.1. The van der Waals surface area contributed by atoms with Gasteiger partial charge in [-0.25, -0.2) is 19.0 Å². The molecule has 2 N–H and O–H groups in total. The lowest BCUT2D eigenvalue weighted by atomic mass is 9.87. The van der Waals surface area contributed by atoms with Crippen LogP contribution in [0.25, 0.3) is 16.6 Å². The van der Waals surface area contributed by atoms with Gasteiger partial charge >= 0.3 is 0 Å². The Bertz CT molecular complexity index is 2010. The van der Waals surface area contributed by atoms with E-state index in [0.717, 1.165) is 5.56 Å². The fraction of sp³-hybridized carbons (Fsp3) is 0.294. The monoisotopic (exact) mass is 677 g/mol. The van der Waals surface area contributed by atoms with Gasteiger partial charge < -0.3 is 29.4 Å². The van der Waals surface area contributed by atoms with E-state index in [1.54, 1.807) is 43.2 Å². The Hall–Kier alpha value is -4.98. The molecule has 1 unspecified atom stereocenters. The zero-order chi connectivity index (χ0) is 33.8. The van der Waals surface area contributed by atoms with Crippen LogP contribution >= 0.6 is 11.6 Å². The number of nitrogens with zero attached hydrogens (tertiary/aromatic N) is 4. The molecule has 0 fully saturated rings. The van der Waals surface area contributed by atoms with Gasteiger partial charge in [-0.2, -0.15) is 0 Å². The largest absolute Gasteiger partial charge is 0.487 e. The molecule has 0 saturated heterocycles. The van der Waals surface area contributed by atoms with Crippen LogP contribution < -0.4 is 25.5 Å². The van der Waals surface area contributed by atoms with Crippen LogP contribution in [0.4, 0.5) is 4.39 Å². The number of nitrogens with two attached hydrogens (primary N) is 1. The van der Waals surface area contributed by atoms with Gasteiger partial charge in [0.1, 0.15) is 36.7 Å². The third-order valence-electron chi connectivity index (χ3n) is 8.01. The Morgan fingerprint density at radius 3 is 2.33 bits per heavy atom. The van der Waals surface area contributed by atoms with E-state index < -0.39 is 17.3 Å². The van der Waals surface area contributed by atoms with E-state index in [0.29, 0.717) is 85.3 Å². The lowest BCUT2D eigenvalue weighted by Crippen LogP contribution is -2.26. The molecule has 1 atom stereocenters. The maximum absolute atomic E-state index is 13.7. The van der Waals surface area contributed by atoms with E-state index in [1.807, 2.05) is 6.07 Å². The molecular weight excluding hydrogens is 645 g/mol. The van der Waals surface area contributed by atoms with E-state index in [2.05, 4.69) is 9.97 Å². The zero-order valence-corrected chi connectivity index (χ0v) is 27.0. The maximum atomic E-state index is 13.7. The molecule has 0 bridgehead atoms. The summed E-state index contributed by atoms with van der Waals surface area (Å²) >= 11 is 6.80. The minimum atomic E-state index is -0.837. The third kappa shape index (κ3) is 6.57. The summed E-state index contributed by atoms with van der Waals surface area (Å²) < 4.78 is 45.0. The first-order valence-electron chi connectivity index (χ1n) is 15.2. The zero-order valence-electron chi connectivity index (χ0n) is 26.3. The van der Waals surface area contributed by atoms with Crippen LogP contribution in [0.5, 0.6) is 23.1 Å². The van der Waals surface area contributed by atoms with Gasteiger partial charge in [0.2, 0.25) is 5.88 Å². The number of carbonyl (C=O) groups excluding carboxylic acids is 1. The van der Waals surface area contributed by atoms with Crippen molar-refractivity contribution < 1.29 is 32.9 Å². The second-order valence-electron chi connectivity index (χ2n) is 11.0. The highest BCUT2D eigenvalue weighted by Crippen LogP contribution is 2.41. The Morgan fingerprint density at radius 1 is 0.958 bits per heavy atom. The summed E-state index contributed by atoms with van der Waals surface area (Å²) in [7, 11) is 3.18. The van der Waals surface area contributed by atoms with Gasteiger partial charge in [0.05, 0.1) is 40.5 Å². The predicted molar refractivity (Wildman–Crippen MR) is 175 cm³/mol. The Balaban J connectivity index is 1.34. The predicted octanol–water partition coefficient (Wildman–Crippen LogP) is 5.24. The average molecular weight is 678 g/mol. The minimum absolute atomic E-state index is 0.109. The van der Waals surface area contributed by atoms with E-state index in [4.69, 9.17) is 41.0 Å². The highest BCUT2D eigenvalue weighted by atomic mass is 35.5. The van der Waals surface area contributed by atoms with Gasteiger partial charge in [0.15, 0.2) is 11.5 Å². The van der Waals surface area contributed by atoms with Crippen molar-refractivity contribution in [2.24, 2.45) is 5.73 Å². The van der Waals surface area contributed by atoms with Gasteiger partial charge in [0.25, 0.3) is 11.5 Å². The van der Waals surface area contributed by atoms with Crippen molar-refractivity contribution in [3.05, 3.63) is 98.9 Å². The number of ether oxygens (including phenoxy) is 5. The molecule has 12 nitrogen and oxygen atoms in total. The van der Waals surface area contributed by atoms with E-state index in [-0.39, 0.29) is 22.4 Å². The number of hydrogen-bond acceptors (Lipinski definition) is 9. The second-order valence-corrected chi connectivity index (χ2v) is 11.4. The van der Waals surface area contributed by atoms with Crippen LogP contribution in [-0.2, 0) is 16.0 Å². The van der Waals surface area contributed by atoms with E-state index in [1.165, 1.54) is 35.3 Å². The third-order valence-corrected chi connectivity index (χ3v) is 8.31. The molecule has 5 aromatic rings. The molecule has 0 saturated carbocycles. The highest BCUT2D eigenvalue weighted by molar-refractivity contribution is 6.32. The smallest absolute Gasteiger partial charge is 0.284 e. The van der Waals surface area contributed by atoms with Crippen molar-refractivity contribution in [2.75, 3.05) is 40.6 Å². The highest BCUT2D eigenvalue weighted by Gasteiger charge is 2.33. The summed E-state index contributed by atoms with van der Waals surface area (Å²) in [6.45, 7) is 1.84. The fourth-order valence-electron chi connectivity index (χ4n) is 5.85. The van der Waals surface area contributed by atoms with Crippen molar-refractivity contribution in [2.45, 2.75) is 25.3 Å². The van der Waals surface area contributed by atoms with Crippen molar-refractivity contribution >= 4 is 28.4 Å². The van der Waals surface area contributed by atoms with E-state index in [9.17, 15) is 14.0 Å². The molecule has 3 heterocycles. The lowest BCUT2D eigenvalue weighted by molar-refractivity contribution is 0.0997. The van der Waals surface area contributed by atoms with E-state index >= 15 is 0 Å². The molecule has 250 valence electrons. The van der Waals surface area contributed by atoms with Gasteiger partial charge in [-0.3, -0.25) is 14.3 Å². The minimum Gasteiger partial charge on any atom is -0.487 e. The van der Waals surface area contributed by atoms with Gasteiger partial charge in [-0.05, 0) is 60.9 Å². The topological polar surface area (TPSA) is 142 Å². The number of rotatable bonds is 13. The van der Waals surface area contributed by atoms with Crippen LogP contribution in [0, 0.1) is 5.82 Å². The number of carbonyl (C=O) groups is 1. The molecule has 3 aromatic carbocycles. The molecule has 48 heavy (non-hydrogen) atoms. The Morgan fingerprint density at radius 2 is 1.67 bits per heavy atom. The number of benzene rings is 3. The molecule has 1 aliphatic rings. The average Bonchev–Trinajstić information content (AvgIpc) is 3.38. The molecule has 0 aliphatic carbocycles. The Labute approximate surface area is 279 Å². The standard InChI is InChI=1S/C34H33ClFN5O7/c1-44-12-14-46-28-17-24-26(18-29(28)47-15-13-45-2)38-19-39-33(24)48-27-10-5-20(16-25(27)35)23-4-3-11-40-31(23)30(32(37)42)34(43)41(40)22-8-6-21(36)7-9-22/h5-10,16-19,23H,3-4,11-15H2,1-2H3,(H2,37,42). The molecule has 2 aromatic heterocycles. The number of fused-ring (bicyclic) bond motifs is 2. The molecule has 0 radical (unpaired) electrons. The fourth-order valence-corrected chi connectivity index (χ4v) is 6.08. The van der Waals surface area contributed by atoms with Crippen LogP contribution in [0.2, 0.25) is 5.02 Å². The van der Waals surface area contributed by atoms with Crippen molar-refractivity contribution in [3.63, 3.8) is 0 Å². The first-order valence-corrected chi connectivity index (χ1v) is 15.6. The maximum Gasteiger partial charge on any atom is 0.284 e. The molecule has 1 amide bonds. The summed E-state index contributed by atoms with van der Waals surface area (Å²) in [5.41, 5.74) is 7.32. The molecule has 1 aliphatic heterocycles. The SMILES string of the molecule is COCCOc1cc2ncnc(Oc3ccc(C4CCCn5c4c(C(N)=O)c(=O)n5-c4ccc(F)cc4)cc3Cl)c2cc1OCCOC. The van der Waals surface area contributed by atoms with Crippen LogP contribution in [0.15, 0.2) is 65.7 Å². The second kappa shape index (κ2) is 14.4. The molecular formula is C34H33ClFN5O7. The first kappa shape index (κ1) is 32.9. The summed E-state index contributed by atoms with van der Waals surface area (Å²) in [4.78, 5) is 34.9. The summed E-state index contributed by atoms with van der Waals surface area (Å²) in [6, 6.07) is 14.3. The van der Waals surface area contributed by atoms with Crippen LogP contribution in [-0.4, -0.2) is 65.9 Å². The van der Waals surface area contributed by atoms with Crippen molar-refractivity contribution in [1.82, 2.24) is 19.3 Å². The number of aromatic nitrogens is 4. The van der Waals surface area contributed by atoms with Gasteiger partial charge in [-0.15, -0.1) is 0 Å². The van der Waals surface area contributed by atoms with Gasteiger partial charge in [-0.1, -0.05) is 17.7 Å².